The van der Waals surface area contributed by atoms with Crippen LogP contribution in [0.1, 0.15) is 78.1 Å². The maximum atomic E-state index is 10.8. The summed E-state index contributed by atoms with van der Waals surface area (Å²) >= 11 is 0. The van der Waals surface area contributed by atoms with Gasteiger partial charge in [-0.25, -0.2) is 4.79 Å². The van der Waals surface area contributed by atoms with Gasteiger partial charge in [0.2, 0.25) is 0 Å². The summed E-state index contributed by atoms with van der Waals surface area (Å²) in [5, 5.41) is 0. The molecule has 4 nitrogen and oxygen atoms in total. The number of carbonyl (C=O) groups is 1. The van der Waals surface area contributed by atoms with Crippen LogP contribution in [0, 0.1) is 0 Å². The molecule has 0 radical (unpaired) electrons. The molecule has 0 aliphatic heterocycles. The lowest BCUT2D eigenvalue weighted by Gasteiger charge is -2.09. The van der Waals surface area contributed by atoms with Crippen LogP contribution >= 0.6 is 12.4 Å². The summed E-state index contributed by atoms with van der Waals surface area (Å²) in [6.45, 7) is 9.42. The molecule has 0 spiro atoms. The van der Waals surface area contributed by atoms with Crippen molar-refractivity contribution in [3.05, 3.63) is 12.2 Å². The molecule has 25 heavy (non-hydrogen) atoms. The number of ether oxygens (including phenoxy) is 1. The minimum Gasteiger partial charge on any atom is -0.461 e. The average Bonchev–Trinajstić information content (AvgIpc) is 2.53. The van der Waals surface area contributed by atoms with E-state index in [9.17, 15) is 4.79 Å². The van der Waals surface area contributed by atoms with Gasteiger partial charge in [-0.2, -0.15) is 0 Å². The molecule has 0 atom stereocenters. The highest BCUT2D eigenvalue weighted by atomic mass is 35.5. The number of likely N-dealkylation sites (N-methyl/N-ethyl adjacent to an activating group) is 1. The zero-order valence-corrected chi connectivity index (χ0v) is 18.0. The number of hydrogen-bond acceptors (Lipinski definition) is 4. The van der Waals surface area contributed by atoms with Crippen LogP contribution in [0.25, 0.3) is 0 Å². The second-order valence-corrected chi connectivity index (χ2v) is 6.69. The summed E-state index contributed by atoms with van der Waals surface area (Å²) in [6.07, 6.45) is 13.9. The number of unbranched alkanes of at least 4 members (excludes halogenated alkanes) is 9. The third-order valence-corrected chi connectivity index (χ3v) is 3.68. The Morgan fingerprint density at radius 1 is 0.960 bits per heavy atom. The molecular formula is C20H43ClN2O2. The highest BCUT2D eigenvalue weighted by molar-refractivity contribution is 5.86. The minimum atomic E-state index is -0.313. The van der Waals surface area contributed by atoms with Crippen molar-refractivity contribution >= 4 is 18.4 Å². The van der Waals surface area contributed by atoms with Gasteiger partial charge in [-0.05, 0) is 34.0 Å². The lowest BCUT2D eigenvalue weighted by Crippen LogP contribution is -2.20. The van der Waals surface area contributed by atoms with E-state index in [1.165, 1.54) is 64.2 Å². The van der Waals surface area contributed by atoms with Crippen molar-refractivity contribution in [3.8, 4) is 0 Å². The van der Waals surface area contributed by atoms with Gasteiger partial charge in [0.1, 0.15) is 6.61 Å². The number of nitrogens with two attached hydrogens (primary N) is 1. The Bertz CT molecular complexity index is 287. The first-order valence-electron chi connectivity index (χ1n) is 9.63. The van der Waals surface area contributed by atoms with Gasteiger partial charge in [0.15, 0.2) is 0 Å². The molecule has 0 aromatic heterocycles. The quantitative estimate of drug-likeness (QED) is 0.264. The topological polar surface area (TPSA) is 55.6 Å². The molecule has 0 aromatic carbocycles. The highest BCUT2D eigenvalue weighted by Gasteiger charge is 2.01. The SMILES string of the molecule is C=C(C)C(=O)OCCN(C)C.CCCCCCCCCCCCN.Cl. The summed E-state index contributed by atoms with van der Waals surface area (Å²) in [5.74, 6) is -0.313. The number of esters is 1. The summed E-state index contributed by atoms with van der Waals surface area (Å²) < 4.78 is 4.83. The van der Waals surface area contributed by atoms with Crippen LogP contribution in [0.3, 0.4) is 0 Å². The molecule has 0 aliphatic carbocycles. The van der Waals surface area contributed by atoms with Crippen LogP contribution in [0.4, 0.5) is 0 Å². The molecule has 0 heterocycles. The zero-order valence-electron chi connectivity index (χ0n) is 17.1. The molecule has 0 aliphatic rings. The lowest BCUT2D eigenvalue weighted by atomic mass is 10.1. The normalized spacial score (nSPS) is 9.84. The first-order valence-corrected chi connectivity index (χ1v) is 9.63. The molecule has 152 valence electrons. The Morgan fingerprint density at radius 3 is 1.76 bits per heavy atom. The molecule has 2 N–H and O–H groups in total. The van der Waals surface area contributed by atoms with E-state index in [0.717, 1.165) is 13.1 Å². The predicted molar refractivity (Wildman–Crippen MR) is 112 cm³/mol. The van der Waals surface area contributed by atoms with Gasteiger partial charge in [-0.15, -0.1) is 12.4 Å². The number of carbonyl (C=O) groups excluding carboxylic acids is 1. The summed E-state index contributed by atoms with van der Waals surface area (Å²) in [5.41, 5.74) is 5.87. The van der Waals surface area contributed by atoms with E-state index in [4.69, 9.17) is 10.5 Å². The molecular weight excluding hydrogens is 336 g/mol. The van der Waals surface area contributed by atoms with Crippen LogP contribution in [0.15, 0.2) is 12.2 Å². The predicted octanol–water partition coefficient (Wildman–Crippen LogP) is 4.96. The largest absolute Gasteiger partial charge is 0.461 e. The van der Waals surface area contributed by atoms with E-state index in [0.29, 0.717) is 12.2 Å². The van der Waals surface area contributed by atoms with Crippen LogP contribution in [-0.2, 0) is 9.53 Å². The zero-order chi connectivity index (χ0) is 18.6. The fourth-order valence-electron chi connectivity index (χ4n) is 2.08. The Balaban J connectivity index is -0.000000377. The third-order valence-electron chi connectivity index (χ3n) is 3.68. The summed E-state index contributed by atoms with van der Waals surface area (Å²) in [4.78, 5) is 12.7. The van der Waals surface area contributed by atoms with Crippen molar-refractivity contribution in [1.82, 2.24) is 4.90 Å². The molecule has 0 fully saturated rings. The van der Waals surface area contributed by atoms with Gasteiger partial charge in [0, 0.05) is 12.1 Å². The molecule has 0 rings (SSSR count). The van der Waals surface area contributed by atoms with E-state index >= 15 is 0 Å². The summed E-state index contributed by atoms with van der Waals surface area (Å²) in [6, 6.07) is 0. The van der Waals surface area contributed by atoms with Gasteiger partial charge < -0.3 is 15.4 Å². The van der Waals surface area contributed by atoms with Crippen molar-refractivity contribution in [2.45, 2.75) is 78.1 Å². The van der Waals surface area contributed by atoms with Crippen molar-refractivity contribution in [1.29, 1.82) is 0 Å². The van der Waals surface area contributed by atoms with Crippen molar-refractivity contribution < 1.29 is 9.53 Å². The average molecular weight is 379 g/mol. The molecule has 0 aromatic rings. The first-order chi connectivity index (χ1) is 11.5. The Labute approximate surface area is 163 Å². The number of rotatable bonds is 14. The van der Waals surface area contributed by atoms with Gasteiger partial charge in [0.25, 0.3) is 0 Å². The Hall–Kier alpha value is -0.580. The van der Waals surface area contributed by atoms with Gasteiger partial charge >= 0.3 is 5.97 Å². The van der Waals surface area contributed by atoms with Crippen molar-refractivity contribution in [2.75, 3.05) is 33.8 Å². The molecule has 0 saturated carbocycles. The number of nitrogens with zero attached hydrogens (tertiary/aromatic N) is 1. The van der Waals surface area contributed by atoms with Crippen LogP contribution in [0.5, 0.6) is 0 Å². The van der Waals surface area contributed by atoms with Crippen molar-refractivity contribution in [2.24, 2.45) is 5.73 Å². The van der Waals surface area contributed by atoms with Gasteiger partial charge in [-0.3, -0.25) is 0 Å². The van der Waals surface area contributed by atoms with Crippen LogP contribution < -0.4 is 5.73 Å². The van der Waals surface area contributed by atoms with Crippen LogP contribution in [-0.4, -0.2) is 44.7 Å². The van der Waals surface area contributed by atoms with E-state index in [2.05, 4.69) is 13.5 Å². The minimum absolute atomic E-state index is 0. The number of hydrogen-bond donors (Lipinski definition) is 1. The van der Waals surface area contributed by atoms with E-state index in [-0.39, 0.29) is 18.4 Å². The smallest absolute Gasteiger partial charge is 0.333 e. The monoisotopic (exact) mass is 378 g/mol. The van der Waals surface area contributed by atoms with Crippen LogP contribution in [0.2, 0.25) is 0 Å². The second kappa shape index (κ2) is 23.4. The van der Waals surface area contributed by atoms with E-state index < -0.39 is 0 Å². The van der Waals surface area contributed by atoms with Crippen molar-refractivity contribution in [3.63, 3.8) is 0 Å². The highest BCUT2D eigenvalue weighted by Crippen LogP contribution is 2.09. The fourth-order valence-corrected chi connectivity index (χ4v) is 2.08. The third kappa shape index (κ3) is 28.5. The maximum Gasteiger partial charge on any atom is 0.333 e. The Morgan fingerprint density at radius 2 is 1.40 bits per heavy atom. The molecule has 0 unspecified atom stereocenters. The van der Waals surface area contributed by atoms with Gasteiger partial charge in [-0.1, -0.05) is 71.3 Å². The second-order valence-electron chi connectivity index (χ2n) is 6.69. The standard InChI is InChI=1S/C12H27N.C8H15NO2.ClH/c1-2-3-4-5-6-7-8-9-10-11-12-13;1-7(2)8(10)11-6-5-9(3)4;/h2-13H2,1H3;1,5-6H2,2-4H3;1H. The first kappa shape index (κ1) is 29.2. The number of halogens is 1. The fraction of sp³-hybridized carbons (Fsp3) is 0.850. The Kier molecular flexibility index (Phi) is 27.3. The maximum absolute atomic E-state index is 10.8. The summed E-state index contributed by atoms with van der Waals surface area (Å²) in [7, 11) is 3.85. The molecule has 0 amide bonds. The van der Waals surface area contributed by atoms with E-state index in [1.54, 1.807) is 6.92 Å². The lowest BCUT2D eigenvalue weighted by molar-refractivity contribution is -0.139. The van der Waals surface area contributed by atoms with Gasteiger partial charge in [0.05, 0.1) is 0 Å². The molecule has 5 heteroatoms. The molecule has 0 bridgehead atoms. The molecule has 0 saturated heterocycles. The van der Waals surface area contributed by atoms with E-state index in [1.807, 2.05) is 19.0 Å².